The van der Waals surface area contributed by atoms with Gasteiger partial charge in [-0.25, -0.2) is 4.98 Å². The van der Waals surface area contributed by atoms with E-state index in [1.54, 1.807) is 6.20 Å². The van der Waals surface area contributed by atoms with Gasteiger partial charge >= 0.3 is 0 Å². The van der Waals surface area contributed by atoms with Crippen molar-refractivity contribution < 1.29 is 0 Å². The molecule has 0 spiro atoms. The van der Waals surface area contributed by atoms with Gasteiger partial charge in [0.1, 0.15) is 0 Å². The summed E-state index contributed by atoms with van der Waals surface area (Å²) in [6.45, 7) is 4.17. The van der Waals surface area contributed by atoms with Crippen molar-refractivity contribution in [2.45, 2.75) is 26.3 Å². The van der Waals surface area contributed by atoms with E-state index in [0.29, 0.717) is 5.15 Å². The SMILES string of the molecule is CCC(Nc1cc(C)cnc1Cl)c1ccccc1. The minimum absolute atomic E-state index is 0.257. The number of anilines is 1. The molecule has 0 saturated carbocycles. The molecule has 0 fully saturated rings. The first-order valence-corrected chi connectivity index (χ1v) is 6.52. The Kier molecular flexibility index (Phi) is 4.21. The molecule has 2 nitrogen and oxygen atoms in total. The molecule has 1 aromatic carbocycles. The summed E-state index contributed by atoms with van der Waals surface area (Å²) in [4.78, 5) is 4.16. The van der Waals surface area contributed by atoms with E-state index in [1.807, 2.05) is 19.1 Å². The predicted octanol–water partition coefficient (Wildman–Crippen LogP) is 4.61. The summed E-state index contributed by atoms with van der Waals surface area (Å²) in [7, 11) is 0. The molecule has 1 aromatic heterocycles. The average molecular weight is 261 g/mol. The highest BCUT2D eigenvalue weighted by atomic mass is 35.5. The van der Waals surface area contributed by atoms with E-state index in [2.05, 4.69) is 41.5 Å². The molecular weight excluding hydrogens is 244 g/mol. The first-order valence-electron chi connectivity index (χ1n) is 6.14. The van der Waals surface area contributed by atoms with Crippen molar-refractivity contribution in [1.29, 1.82) is 0 Å². The fraction of sp³-hybridized carbons (Fsp3) is 0.267. The van der Waals surface area contributed by atoms with Gasteiger partial charge in [0, 0.05) is 6.20 Å². The second-order valence-electron chi connectivity index (χ2n) is 4.37. The summed E-state index contributed by atoms with van der Waals surface area (Å²) in [5.74, 6) is 0. The van der Waals surface area contributed by atoms with E-state index in [9.17, 15) is 0 Å². The van der Waals surface area contributed by atoms with Crippen LogP contribution in [0.3, 0.4) is 0 Å². The molecule has 0 amide bonds. The molecule has 3 heteroatoms. The van der Waals surface area contributed by atoms with Crippen molar-refractivity contribution in [2.24, 2.45) is 0 Å². The lowest BCUT2D eigenvalue weighted by Crippen LogP contribution is -2.10. The minimum Gasteiger partial charge on any atom is -0.376 e. The Balaban J connectivity index is 2.23. The maximum Gasteiger partial charge on any atom is 0.152 e. The Labute approximate surface area is 113 Å². The largest absolute Gasteiger partial charge is 0.376 e. The second-order valence-corrected chi connectivity index (χ2v) is 4.72. The van der Waals surface area contributed by atoms with Gasteiger partial charge in [0.2, 0.25) is 0 Å². The van der Waals surface area contributed by atoms with Crippen molar-refractivity contribution in [3.63, 3.8) is 0 Å². The minimum atomic E-state index is 0.257. The lowest BCUT2D eigenvalue weighted by atomic mass is 10.0. The fourth-order valence-electron chi connectivity index (χ4n) is 1.95. The topological polar surface area (TPSA) is 24.9 Å². The molecule has 2 aromatic rings. The van der Waals surface area contributed by atoms with Crippen LogP contribution in [0.25, 0.3) is 0 Å². The van der Waals surface area contributed by atoms with Gasteiger partial charge in [-0.15, -0.1) is 0 Å². The van der Waals surface area contributed by atoms with Gasteiger partial charge in [-0.3, -0.25) is 0 Å². The molecule has 1 unspecified atom stereocenters. The summed E-state index contributed by atoms with van der Waals surface area (Å²) in [6, 6.07) is 12.7. The molecular formula is C15H17ClN2. The third kappa shape index (κ3) is 3.02. The molecule has 1 N–H and O–H groups in total. The van der Waals surface area contributed by atoms with Gasteiger partial charge in [-0.2, -0.15) is 0 Å². The number of nitrogens with zero attached hydrogens (tertiary/aromatic N) is 1. The number of pyridine rings is 1. The number of hydrogen-bond donors (Lipinski definition) is 1. The highest BCUT2D eigenvalue weighted by molar-refractivity contribution is 6.31. The van der Waals surface area contributed by atoms with Crippen LogP contribution in [-0.2, 0) is 0 Å². The van der Waals surface area contributed by atoms with Crippen LogP contribution in [0, 0.1) is 6.92 Å². The number of aryl methyl sites for hydroxylation is 1. The maximum absolute atomic E-state index is 6.11. The third-order valence-electron chi connectivity index (χ3n) is 2.92. The van der Waals surface area contributed by atoms with Gasteiger partial charge in [0.05, 0.1) is 11.7 Å². The molecule has 2 rings (SSSR count). The van der Waals surface area contributed by atoms with Gasteiger partial charge in [-0.05, 0) is 30.5 Å². The quantitative estimate of drug-likeness (QED) is 0.813. The number of hydrogen-bond acceptors (Lipinski definition) is 2. The van der Waals surface area contributed by atoms with Crippen LogP contribution in [0.4, 0.5) is 5.69 Å². The molecule has 18 heavy (non-hydrogen) atoms. The van der Waals surface area contributed by atoms with E-state index in [-0.39, 0.29) is 6.04 Å². The molecule has 0 saturated heterocycles. The zero-order valence-electron chi connectivity index (χ0n) is 10.7. The summed E-state index contributed by atoms with van der Waals surface area (Å²) in [5.41, 5.74) is 3.26. The lowest BCUT2D eigenvalue weighted by molar-refractivity contribution is 0.748. The highest BCUT2D eigenvalue weighted by Crippen LogP contribution is 2.27. The normalized spacial score (nSPS) is 12.2. The van der Waals surface area contributed by atoms with Crippen molar-refractivity contribution in [3.05, 3.63) is 58.9 Å². The van der Waals surface area contributed by atoms with Crippen LogP contribution in [-0.4, -0.2) is 4.98 Å². The zero-order valence-corrected chi connectivity index (χ0v) is 11.4. The standard InChI is InChI=1S/C15H17ClN2/c1-3-13(12-7-5-4-6-8-12)18-14-9-11(2)10-17-15(14)16/h4-10,13,18H,3H2,1-2H3. The van der Waals surface area contributed by atoms with Crippen LogP contribution >= 0.6 is 11.6 Å². The van der Waals surface area contributed by atoms with Crippen molar-refractivity contribution >= 4 is 17.3 Å². The van der Waals surface area contributed by atoms with Gasteiger partial charge in [0.15, 0.2) is 5.15 Å². The molecule has 1 atom stereocenters. The van der Waals surface area contributed by atoms with Crippen molar-refractivity contribution in [3.8, 4) is 0 Å². The zero-order chi connectivity index (χ0) is 13.0. The van der Waals surface area contributed by atoms with Crippen LogP contribution < -0.4 is 5.32 Å². The van der Waals surface area contributed by atoms with E-state index >= 15 is 0 Å². The molecule has 0 aliphatic carbocycles. The Bertz CT molecular complexity index is 511. The second kappa shape index (κ2) is 5.87. The fourth-order valence-corrected chi connectivity index (χ4v) is 2.11. The van der Waals surface area contributed by atoms with Gasteiger partial charge in [-0.1, -0.05) is 48.9 Å². The first kappa shape index (κ1) is 12.9. The molecule has 0 bridgehead atoms. The van der Waals surface area contributed by atoms with Crippen LogP contribution in [0.15, 0.2) is 42.6 Å². The van der Waals surface area contributed by atoms with E-state index < -0.39 is 0 Å². The van der Waals surface area contributed by atoms with Gasteiger partial charge < -0.3 is 5.32 Å². The van der Waals surface area contributed by atoms with E-state index in [4.69, 9.17) is 11.6 Å². The van der Waals surface area contributed by atoms with Gasteiger partial charge in [0.25, 0.3) is 0 Å². The highest BCUT2D eigenvalue weighted by Gasteiger charge is 2.11. The van der Waals surface area contributed by atoms with E-state index in [1.165, 1.54) is 5.56 Å². The lowest BCUT2D eigenvalue weighted by Gasteiger charge is -2.19. The number of halogens is 1. The van der Waals surface area contributed by atoms with Crippen LogP contribution in [0.1, 0.15) is 30.5 Å². The number of nitrogens with one attached hydrogen (secondary N) is 1. The van der Waals surface area contributed by atoms with Crippen LogP contribution in [0.2, 0.25) is 5.15 Å². The predicted molar refractivity (Wildman–Crippen MR) is 77.1 cm³/mol. The average Bonchev–Trinajstić information content (AvgIpc) is 2.41. The van der Waals surface area contributed by atoms with Crippen molar-refractivity contribution in [2.75, 3.05) is 5.32 Å². The monoisotopic (exact) mass is 260 g/mol. The first-order chi connectivity index (χ1) is 8.70. The molecule has 0 aliphatic heterocycles. The summed E-state index contributed by atoms with van der Waals surface area (Å²) in [6.07, 6.45) is 2.77. The molecule has 1 heterocycles. The summed E-state index contributed by atoms with van der Waals surface area (Å²) >= 11 is 6.11. The Morgan fingerprint density at radius 2 is 2.00 bits per heavy atom. The van der Waals surface area contributed by atoms with E-state index in [0.717, 1.165) is 17.7 Å². The summed E-state index contributed by atoms with van der Waals surface area (Å²) < 4.78 is 0. The van der Waals surface area contributed by atoms with Crippen LogP contribution in [0.5, 0.6) is 0 Å². The van der Waals surface area contributed by atoms with Crippen molar-refractivity contribution in [1.82, 2.24) is 4.98 Å². The third-order valence-corrected chi connectivity index (χ3v) is 3.22. The maximum atomic E-state index is 6.11. The molecule has 0 aliphatic rings. The summed E-state index contributed by atoms with van der Waals surface area (Å²) in [5, 5.41) is 3.98. The Morgan fingerprint density at radius 1 is 1.28 bits per heavy atom. The number of rotatable bonds is 4. The number of aromatic nitrogens is 1. The Hall–Kier alpha value is -1.54. The Morgan fingerprint density at radius 3 is 2.67 bits per heavy atom. The molecule has 94 valence electrons. The smallest absolute Gasteiger partial charge is 0.152 e. The number of benzene rings is 1. The molecule has 0 radical (unpaired) electrons.